The normalized spacial score (nSPS) is 15.6. The summed E-state index contributed by atoms with van der Waals surface area (Å²) in [6.45, 7) is 6.52. The number of fused-ring (bicyclic) bond motifs is 1. The van der Waals surface area contributed by atoms with Crippen LogP contribution in [0.2, 0.25) is 0 Å². The molecule has 0 bridgehead atoms. The van der Waals surface area contributed by atoms with E-state index in [0.717, 1.165) is 17.7 Å². The van der Waals surface area contributed by atoms with Crippen LogP contribution >= 0.6 is 0 Å². The Bertz CT molecular complexity index is 1030. The van der Waals surface area contributed by atoms with Gasteiger partial charge in [-0.3, -0.25) is 9.52 Å². The van der Waals surface area contributed by atoms with Crippen molar-refractivity contribution in [2.24, 2.45) is 5.41 Å². The molecule has 31 heavy (non-hydrogen) atoms. The van der Waals surface area contributed by atoms with E-state index in [4.69, 9.17) is 9.47 Å². The number of benzene rings is 2. The summed E-state index contributed by atoms with van der Waals surface area (Å²) in [6.07, 6.45) is 1.19. The van der Waals surface area contributed by atoms with Crippen molar-refractivity contribution in [2.45, 2.75) is 33.6 Å². The molecule has 0 unspecified atom stereocenters. The van der Waals surface area contributed by atoms with Crippen LogP contribution in [0, 0.1) is 5.41 Å². The highest BCUT2D eigenvalue weighted by Crippen LogP contribution is 2.38. The summed E-state index contributed by atoms with van der Waals surface area (Å²) in [5.41, 5.74) is 1.33. The first-order valence-electron chi connectivity index (χ1n) is 10.4. The molecule has 2 aromatic carbocycles. The van der Waals surface area contributed by atoms with Gasteiger partial charge in [0.05, 0.1) is 29.7 Å². The number of ether oxygens (including phenoxy) is 2. The van der Waals surface area contributed by atoms with E-state index in [1.165, 1.54) is 0 Å². The van der Waals surface area contributed by atoms with Gasteiger partial charge in [-0.1, -0.05) is 19.1 Å². The number of nitrogens with zero attached hydrogens (tertiary/aromatic N) is 1. The summed E-state index contributed by atoms with van der Waals surface area (Å²) < 4.78 is 38.9. The van der Waals surface area contributed by atoms with Crippen molar-refractivity contribution in [3.63, 3.8) is 0 Å². The molecule has 1 heterocycles. The van der Waals surface area contributed by atoms with Crippen molar-refractivity contribution in [3.8, 4) is 11.5 Å². The van der Waals surface area contributed by atoms with Crippen LogP contribution in [0.25, 0.3) is 0 Å². The summed E-state index contributed by atoms with van der Waals surface area (Å²) in [6, 6.07) is 12.4. The number of hydrogen-bond acceptors (Lipinski definition) is 5. The molecule has 0 saturated heterocycles. The van der Waals surface area contributed by atoms with Gasteiger partial charge in [-0.05, 0) is 56.5 Å². The first-order chi connectivity index (χ1) is 14.6. The SMILES string of the molecule is CCCN1C(=O)C(C)(C)COc2cc(NS(=O)(=O)CCc3ccc(OC)cc3)ccc21. The van der Waals surface area contributed by atoms with Crippen molar-refractivity contribution in [3.05, 3.63) is 48.0 Å². The predicted octanol–water partition coefficient (Wildman–Crippen LogP) is 3.84. The molecule has 0 aromatic heterocycles. The van der Waals surface area contributed by atoms with E-state index >= 15 is 0 Å². The highest BCUT2D eigenvalue weighted by molar-refractivity contribution is 7.92. The lowest BCUT2D eigenvalue weighted by Crippen LogP contribution is -2.42. The van der Waals surface area contributed by atoms with E-state index in [1.54, 1.807) is 30.2 Å². The van der Waals surface area contributed by atoms with Crippen LogP contribution in [0.4, 0.5) is 11.4 Å². The van der Waals surface area contributed by atoms with Crippen LogP contribution in [0.3, 0.4) is 0 Å². The van der Waals surface area contributed by atoms with Crippen molar-refractivity contribution in [1.29, 1.82) is 0 Å². The number of rotatable bonds is 8. The maximum absolute atomic E-state index is 12.9. The van der Waals surface area contributed by atoms with Gasteiger partial charge in [0.1, 0.15) is 18.1 Å². The molecule has 1 N–H and O–H groups in total. The lowest BCUT2D eigenvalue weighted by atomic mass is 9.93. The molecule has 2 aromatic rings. The number of aryl methyl sites for hydroxylation is 1. The van der Waals surface area contributed by atoms with E-state index in [1.807, 2.05) is 45.0 Å². The summed E-state index contributed by atoms with van der Waals surface area (Å²) in [4.78, 5) is 14.6. The van der Waals surface area contributed by atoms with E-state index in [-0.39, 0.29) is 18.3 Å². The number of carbonyl (C=O) groups excluding carboxylic acids is 1. The molecule has 0 radical (unpaired) electrons. The second kappa shape index (κ2) is 9.18. The summed E-state index contributed by atoms with van der Waals surface area (Å²) in [7, 11) is -1.97. The van der Waals surface area contributed by atoms with Crippen LogP contribution in [-0.2, 0) is 21.2 Å². The molecule has 0 atom stereocenters. The highest BCUT2D eigenvalue weighted by atomic mass is 32.2. The van der Waals surface area contributed by atoms with Crippen LogP contribution in [0.5, 0.6) is 11.5 Å². The molecule has 0 aliphatic carbocycles. The number of hydrogen-bond donors (Lipinski definition) is 1. The Morgan fingerprint density at radius 1 is 1.16 bits per heavy atom. The number of carbonyl (C=O) groups is 1. The average molecular weight is 447 g/mol. The zero-order chi connectivity index (χ0) is 22.6. The standard InChI is InChI=1S/C23H30N2O5S/c1-5-13-25-20-11-8-18(15-21(20)30-16-23(2,3)22(25)26)24-31(27,28)14-12-17-6-9-19(29-4)10-7-17/h6-11,15,24H,5,12-14,16H2,1-4H3. The number of nitrogens with one attached hydrogen (secondary N) is 1. The molecule has 1 amide bonds. The zero-order valence-corrected chi connectivity index (χ0v) is 19.3. The molecule has 1 aliphatic rings. The zero-order valence-electron chi connectivity index (χ0n) is 18.5. The van der Waals surface area contributed by atoms with Gasteiger partial charge in [0.25, 0.3) is 0 Å². The lowest BCUT2D eigenvalue weighted by molar-refractivity contribution is -0.127. The summed E-state index contributed by atoms with van der Waals surface area (Å²) in [5.74, 6) is 1.18. The second-order valence-electron chi connectivity index (χ2n) is 8.33. The Labute approximate surface area is 184 Å². The van der Waals surface area contributed by atoms with Gasteiger partial charge in [0, 0.05) is 12.6 Å². The first kappa shape index (κ1) is 22.9. The molecule has 3 rings (SSSR count). The van der Waals surface area contributed by atoms with E-state index in [2.05, 4.69) is 4.72 Å². The maximum atomic E-state index is 12.9. The summed E-state index contributed by atoms with van der Waals surface area (Å²) >= 11 is 0. The molecule has 168 valence electrons. The van der Waals surface area contributed by atoms with Gasteiger partial charge in [-0.15, -0.1) is 0 Å². The molecular weight excluding hydrogens is 416 g/mol. The molecule has 1 aliphatic heterocycles. The van der Waals surface area contributed by atoms with Crippen molar-refractivity contribution < 1.29 is 22.7 Å². The van der Waals surface area contributed by atoms with Crippen molar-refractivity contribution in [2.75, 3.05) is 35.6 Å². The Hall–Kier alpha value is -2.74. The quantitative estimate of drug-likeness (QED) is 0.666. The molecule has 0 spiro atoms. The van der Waals surface area contributed by atoms with Gasteiger partial charge in [-0.2, -0.15) is 0 Å². The number of methoxy groups -OCH3 is 1. The van der Waals surface area contributed by atoms with Gasteiger partial charge >= 0.3 is 0 Å². The fraction of sp³-hybridized carbons (Fsp3) is 0.435. The number of sulfonamides is 1. The predicted molar refractivity (Wildman–Crippen MR) is 122 cm³/mol. The minimum absolute atomic E-state index is 0.000854. The third kappa shape index (κ3) is 5.50. The highest BCUT2D eigenvalue weighted by Gasteiger charge is 2.37. The largest absolute Gasteiger partial charge is 0.497 e. The van der Waals surface area contributed by atoms with Gasteiger partial charge in [0.15, 0.2) is 0 Å². The minimum Gasteiger partial charge on any atom is -0.497 e. The topological polar surface area (TPSA) is 84.9 Å². The fourth-order valence-corrected chi connectivity index (χ4v) is 4.52. The van der Waals surface area contributed by atoms with Gasteiger partial charge < -0.3 is 14.4 Å². The van der Waals surface area contributed by atoms with Crippen LogP contribution < -0.4 is 19.1 Å². The van der Waals surface area contributed by atoms with Crippen molar-refractivity contribution in [1.82, 2.24) is 0 Å². The van der Waals surface area contributed by atoms with Crippen LogP contribution in [0.1, 0.15) is 32.8 Å². The Balaban J connectivity index is 1.75. The Morgan fingerprint density at radius 2 is 1.87 bits per heavy atom. The lowest BCUT2D eigenvalue weighted by Gasteiger charge is -2.27. The van der Waals surface area contributed by atoms with E-state index in [0.29, 0.717) is 30.1 Å². The third-order valence-electron chi connectivity index (χ3n) is 5.20. The van der Waals surface area contributed by atoms with Gasteiger partial charge in [0.2, 0.25) is 15.9 Å². The monoisotopic (exact) mass is 446 g/mol. The van der Waals surface area contributed by atoms with Crippen LogP contribution in [0.15, 0.2) is 42.5 Å². The Morgan fingerprint density at radius 3 is 2.52 bits per heavy atom. The van der Waals surface area contributed by atoms with Crippen molar-refractivity contribution >= 4 is 27.3 Å². The van der Waals surface area contributed by atoms with E-state index < -0.39 is 15.4 Å². The number of amides is 1. The van der Waals surface area contributed by atoms with Gasteiger partial charge in [-0.25, -0.2) is 8.42 Å². The smallest absolute Gasteiger partial charge is 0.236 e. The summed E-state index contributed by atoms with van der Waals surface area (Å²) in [5, 5.41) is 0. The Kier molecular flexibility index (Phi) is 6.79. The average Bonchev–Trinajstić information content (AvgIpc) is 2.83. The molecular formula is C23H30N2O5S. The third-order valence-corrected chi connectivity index (χ3v) is 6.49. The molecule has 8 heteroatoms. The molecule has 0 saturated carbocycles. The van der Waals surface area contributed by atoms with Crippen LogP contribution in [-0.4, -0.2) is 40.3 Å². The maximum Gasteiger partial charge on any atom is 0.236 e. The number of anilines is 2. The van der Waals surface area contributed by atoms with E-state index in [9.17, 15) is 13.2 Å². The first-order valence-corrected chi connectivity index (χ1v) is 12.0. The molecule has 7 nitrogen and oxygen atoms in total. The minimum atomic E-state index is -3.56. The molecule has 0 fully saturated rings. The second-order valence-corrected chi connectivity index (χ2v) is 10.2. The fourth-order valence-electron chi connectivity index (χ4n) is 3.43.